The van der Waals surface area contributed by atoms with Crippen LogP contribution in [0.2, 0.25) is 5.02 Å². The van der Waals surface area contributed by atoms with Crippen molar-refractivity contribution >= 4 is 22.9 Å². The molecule has 0 aliphatic rings. The summed E-state index contributed by atoms with van der Waals surface area (Å²) in [5, 5.41) is 7.05. The summed E-state index contributed by atoms with van der Waals surface area (Å²) >= 11 is 7.88. The minimum Gasteiger partial charge on any atom is -0.485 e. The van der Waals surface area contributed by atoms with Crippen LogP contribution in [0, 0.1) is 6.92 Å². The molecule has 1 aromatic carbocycles. The number of rotatable bonds is 5. The van der Waals surface area contributed by atoms with Crippen LogP contribution in [-0.4, -0.2) is 10.5 Å². The average Bonchev–Trinajstić information content (AvgIpc) is 2.80. The molecular formula is C16H21ClN2OS. The van der Waals surface area contributed by atoms with E-state index in [9.17, 15) is 0 Å². The Labute approximate surface area is 135 Å². The number of nitrogens with zero attached hydrogens (tertiary/aromatic N) is 1. The lowest BCUT2D eigenvalue weighted by Gasteiger charge is -2.20. The van der Waals surface area contributed by atoms with Gasteiger partial charge in [-0.3, -0.25) is 0 Å². The number of nitrogens with one attached hydrogen (secondary N) is 1. The second kappa shape index (κ2) is 6.77. The Morgan fingerprint density at radius 1 is 1.33 bits per heavy atom. The molecule has 2 aromatic rings. The first-order valence-corrected chi connectivity index (χ1v) is 8.16. The maximum Gasteiger partial charge on any atom is 0.140 e. The molecule has 3 nitrogen and oxygen atoms in total. The smallest absolute Gasteiger partial charge is 0.140 e. The fourth-order valence-electron chi connectivity index (χ4n) is 1.75. The second-order valence-corrected chi connectivity index (χ2v) is 7.39. The monoisotopic (exact) mass is 324 g/mol. The molecule has 0 fully saturated rings. The quantitative estimate of drug-likeness (QED) is 0.874. The number of thiazole rings is 1. The fourth-order valence-corrected chi connectivity index (χ4v) is 2.69. The van der Waals surface area contributed by atoms with Crippen molar-refractivity contribution in [2.45, 2.75) is 46.4 Å². The van der Waals surface area contributed by atoms with Crippen molar-refractivity contribution in [2.75, 3.05) is 0 Å². The molecule has 0 saturated heterocycles. The summed E-state index contributed by atoms with van der Waals surface area (Å²) in [5.74, 6) is 0.698. The molecule has 0 bridgehead atoms. The predicted octanol–water partition coefficient (Wildman–Crippen LogP) is 4.57. The van der Waals surface area contributed by atoms with Crippen LogP contribution in [0.5, 0.6) is 5.75 Å². The molecule has 5 heteroatoms. The molecule has 114 valence electrons. The third-order valence-corrected chi connectivity index (χ3v) is 4.07. The van der Waals surface area contributed by atoms with Gasteiger partial charge in [-0.05, 0) is 45.4 Å². The van der Waals surface area contributed by atoms with Gasteiger partial charge in [0.2, 0.25) is 0 Å². The third kappa shape index (κ3) is 5.30. The molecule has 0 radical (unpaired) electrons. The zero-order valence-electron chi connectivity index (χ0n) is 12.9. The van der Waals surface area contributed by atoms with Gasteiger partial charge in [-0.2, -0.15) is 0 Å². The van der Waals surface area contributed by atoms with Gasteiger partial charge in [-0.15, -0.1) is 11.3 Å². The molecule has 1 aromatic heterocycles. The van der Waals surface area contributed by atoms with Crippen LogP contribution >= 0.6 is 22.9 Å². The molecule has 0 aliphatic carbocycles. The van der Waals surface area contributed by atoms with Crippen molar-refractivity contribution in [1.82, 2.24) is 10.3 Å². The average molecular weight is 325 g/mol. The normalized spacial score (nSPS) is 11.7. The van der Waals surface area contributed by atoms with E-state index >= 15 is 0 Å². The number of hydrogen-bond acceptors (Lipinski definition) is 4. The summed E-state index contributed by atoms with van der Waals surface area (Å²) in [6, 6.07) is 5.90. The zero-order valence-corrected chi connectivity index (χ0v) is 14.4. The van der Waals surface area contributed by atoms with Gasteiger partial charge >= 0.3 is 0 Å². The number of aryl methyl sites for hydroxylation is 1. The maximum absolute atomic E-state index is 6.28. The van der Waals surface area contributed by atoms with Gasteiger partial charge in [0.05, 0.1) is 5.02 Å². The summed E-state index contributed by atoms with van der Waals surface area (Å²) in [4.78, 5) is 4.37. The third-order valence-electron chi connectivity index (χ3n) is 2.84. The fraction of sp³-hybridized carbons (Fsp3) is 0.438. The molecule has 2 rings (SSSR count). The van der Waals surface area contributed by atoms with Crippen LogP contribution in [0.15, 0.2) is 23.6 Å². The SMILES string of the molecule is Cc1csc(COc2ccc(CNC(C)(C)C)cc2Cl)n1. The topological polar surface area (TPSA) is 34.1 Å². The van der Waals surface area contributed by atoms with Gasteiger partial charge in [-0.25, -0.2) is 4.98 Å². The number of halogens is 1. The Morgan fingerprint density at radius 3 is 2.67 bits per heavy atom. The van der Waals surface area contributed by atoms with Gasteiger partial charge in [0.25, 0.3) is 0 Å². The summed E-state index contributed by atoms with van der Waals surface area (Å²) in [7, 11) is 0. The first kappa shape index (κ1) is 16.3. The largest absolute Gasteiger partial charge is 0.485 e. The van der Waals surface area contributed by atoms with E-state index in [4.69, 9.17) is 16.3 Å². The minimum atomic E-state index is 0.0876. The number of aromatic nitrogens is 1. The van der Waals surface area contributed by atoms with Crippen molar-refractivity contribution in [1.29, 1.82) is 0 Å². The van der Waals surface area contributed by atoms with E-state index in [-0.39, 0.29) is 5.54 Å². The highest BCUT2D eigenvalue weighted by atomic mass is 35.5. The summed E-state index contributed by atoms with van der Waals surface area (Å²) in [5.41, 5.74) is 2.25. The van der Waals surface area contributed by atoms with Crippen molar-refractivity contribution in [3.63, 3.8) is 0 Å². The highest BCUT2D eigenvalue weighted by molar-refractivity contribution is 7.09. The Bertz CT molecular complexity index is 605. The van der Waals surface area contributed by atoms with E-state index < -0.39 is 0 Å². The standard InChI is InChI=1S/C16H21ClN2OS/c1-11-10-21-15(19-11)9-20-14-6-5-12(7-13(14)17)8-18-16(2,3)4/h5-7,10,18H,8-9H2,1-4H3. The van der Waals surface area contributed by atoms with Gasteiger partial charge in [0.15, 0.2) is 0 Å². The Morgan fingerprint density at radius 2 is 2.10 bits per heavy atom. The van der Waals surface area contributed by atoms with Crippen LogP contribution in [0.25, 0.3) is 0 Å². The highest BCUT2D eigenvalue weighted by Crippen LogP contribution is 2.27. The number of ether oxygens (including phenoxy) is 1. The van der Waals surface area contributed by atoms with Gasteiger partial charge in [0.1, 0.15) is 17.4 Å². The summed E-state index contributed by atoms with van der Waals surface area (Å²) in [6.45, 7) is 9.64. The Hall–Kier alpha value is -1.10. The molecule has 21 heavy (non-hydrogen) atoms. The van der Waals surface area contributed by atoms with E-state index in [1.807, 2.05) is 30.5 Å². The predicted molar refractivity (Wildman–Crippen MR) is 89.2 cm³/mol. The van der Waals surface area contributed by atoms with E-state index in [0.717, 1.165) is 22.8 Å². The Kier molecular flexibility index (Phi) is 5.25. The highest BCUT2D eigenvalue weighted by Gasteiger charge is 2.10. The lowest BCUT2D eigenvalue weighted by atomic mass is 10.1. The van der Waals surface area contributed by atoms with Crippen molar-refractivity contribution in [3.05, 3.63) is 44.9 Å². The van der Waals surface area contributed by atoms with Gasteiger partial charge in [-0.1, -0.05) is 17.7 Å². The molecule has 0 spiro atoms. The molecule has 1 N–H and O–H groups in total. The molecule has 0 amide bonds. The summed E-state index contributed by atoms with van der Waals surface area (Å²) in [6.07, 6.45) is 0. The van der Waals surface area contributed by atoms with Crippen LogP contribution in [-0.2, 0) is 13.2 Å². The molecule has 0 aliphatic heterocycles. The van der Waals surface area contributed by atoms with E-state index in [0.29, 0.717) is 17.4 Å². The first-order chi connectivity index (χ1) is 9.83. The molecule has 1 heterocycles. The molecule has 0 saturated carbocycles. The first-order valence-electron chi connectivity index (χ1n) is 6.91. The maximum atomic E-state index is 6.28. The number of benzene rings is 1. The number of hydrogen-bond donors (Lipinski definition) is 1. The van der Waals surface area contributed by atoms with Crippen LogP contribution in [0.3, 0.4) is 0 Å². The van der Waals surface area contributed by atoms with Gasteiger partial charge in [0, 0.05) is 23.2 Å². The van der Waals surface area contributed by atoms with Gasteiger partial charge < -0.3 is 10.1 Å². The van der Waals surface area contributed by atoms with Crippen LogP contribution < -0.4 is 10.1 Å². The van der Waals surface area contributed by atoms with E-state index in [1.165, 1.54) is 0 Å². The Balaban J connectivity index is 1.95. The molecule has 0 unspecified atom stereocenters. The summed E-state index contributed by atoms with van der Waals surface area (Å²) < 4.78 is 5.73. The van der Waals surface area contributed by atoms with Crippen LogP contribution in [0.4, 0.5) is 0 Å². The molecular weight excluding hydrogens is 304 g/mol. The second-order valence-electron chi connectivity index (χ2n) is 6.04. The molecule has 0 atom stereocenters. The van der Waals surface area contributed by atoms with Crippen molar-refractivity contribution in [3.8, 4) is 5.75 Å². The van der Waals surface area contributed by atoms with E-state index in [2.05, 4.69) is 31.1 Å². The van der Waals surface area contributed by atoms with Crippen LogP contribution in [0.1, 0.15) is 37.0 Å². The van der Waals surface area contributed by atoms with E-state index in [1.54, 1.807) is 11.3 Å². The minimum absolute atomic E-state index is 0.0876. The van der Waals surface area contributed by atoms with Crippen molar-refractivity contribution < 1.29 is 4.74 Å². The zero-order chi connectivity index (χ0) is 15.5. The van der Waals surface area contributed by atoms with Crippen molar-refractivity contribution in [2.24, 2.45) is 0 Å². The lowest BCUT2D eigenvalue weighted by molar-refractivity contribution is 0.305. The lowest BCUT2D eigenvalue weighted by Crippen LogP contribution is -2.35.